The zero-order chi connectivity index (χ0) is 26.9. The third kappa shape index (κ3) is 4.79. The fourth-order valence-corrected chi connectivity index (χ4v) is 6.28. The van der Waals surface area contributed by atoms with E-state index in [1.165, 1.54) is 22.3 Å². The number of carbonyl (C=O) groups is 1. The van der Waals surface area contributed by atoms with Crippen LogP contribution in [0, 0.1) is 0 Å². The summed E-state index contributed by atoms with van der Waals surface area (Å²) in [5.74, 6) is 0.502. The molecule has 198 valence electrons. The maximum absolute atomic E-state index is 13.1. The molecule has 5 nitrogen and oxygen atoms in total. The Labute approximate surface area is 229 Å². The van der Waals surface area contributed by atoms with Crippen LogP contribution in [0.4, 0.5) is 0 Å². The number of aromatic hydroxyl groups is 2. The second-order valence-electron chi connectivity index (χ2n) is 10.6. The van der Waals surface area contributed by atoms with Crippen LogP contribution in [-0.4, -0.2) is 34.7 Å². The number of ether oxygens (including phenoxy) is 1. The quantitative estimate of drug-likeness (QED) is 0.291. The number of nitrogens with zero attached hydrogens (tertiary/aromatic N) is 1. The highest BCUT2D eigenvalue weighted by Gasteiger charge is 2.36. The lowest BCUT2D eigenvalue weighted by Crippen LogP contribution is -2.30. The van der Waals surface area contributed by atoms with Gasteiger partial charge >= 0.3 is 0 Å². The van der Waals surface area contributed by atoms with E-state index in [1.54, 1.807) is 31.4 Å². The van der Waals surface area contributed by atoms with Crippen molar-refractivity contribution >= 4 is 11.5 Å². The Hall–Kier alpha value is -4.09. The molecule has 1 aliphatic heterocycles. The fraction of sp³-hybridized carbons (Fsp3) is 0.265. The number of benzene rings is 3. The van der Waals surface area contributed by atoms with Gasteiger partial charge in [-0.3, -0.25) is 4.79 Å². The van der Waals surface area contributed by atoms with Crippen LogP contribution >= 0.6 is 0 Å². The third-order valence-corrected chi connectivity index (χ3v) is 8.16. The number of fused-ring (bicyclic) bond motifs is 3. The normalized spacial score (nSPS) is 17.6. The van der Waals surface area contributed by atoms with E-state index in [0.717, 1.165) is 66.4 Å². The number of hydrogen-bond acceptors (Lipinski definition) is 4. The van der Waals surface area contributed by atoms with Crippen molar-refractivity contribution < 1.29 is 19.7 Å². The maximum Gasteiger partial charge on any atom is 0.256 e. The van der Waals surface area contributed by atoms with Crippen molar-refractivity contribution in [1.82, 2.24) is 4.90 Å². The molecule has 1 unspecified atom stereocenters. The van der Waals surface area contributed by atoms with E-state index in [4.69, 9.17) is 4.74 Å². The van der Waals surface area contributed by atoms with Gasteiger partial charge in [0, 0.05) is 24.8 Å². The van der Waals surface area contributed by atoms with E-state index in [1.807, 2.05) is 53.4 Å². The number of phenolic OH excluding ortho intramolecular Hbond substituents is 2. The predicted octanol–water partition coefficient (Wildman–Crippen LogP) is 7.29. The molecule has 39 heavy (non-hydrogen) atoms. The molecule has 0 radical (unpaired) electrons. The molecule has 3 aliphatic rings. The molecule has 0 spiro atoms. The Balaban J connectivity index is 1.31. The average Bonchev–Trinajstić information content (AvgIpc) is 3.66. The number of carbonyl (C=O) groups excluding carboxylic acids is 1. The first-order chi connectivity index (χ1) is 19.0. The van der Waals surface area contributed by atoms with Crippen LogP contribution in [0.15, 0.2) is 101 Å². The van der Waals surface area contributed by atoms with Crippen LogP contribution < -0.4 is 0 Å². The largest absolute Gasteiger partial charge is 0.508 e. The number of methoxy groups -OCH3 is 1. The van der Waals surface area contributed by atoms with Crippen molar-refractivity contribution in [3.63, 3.8) is 0 Å². The van der Waals surface area contributed by atoms with Crippen LogP contribution in [0.25, 0.3) is 5.57 Å². The first kappa shape index (κ1) is 25.2. The van der Waals surface area contributed by atoms with Crippen molar-refractivity contribution in [1.29, 1.82) is 0 Å². The second kappa shape index (κ2) is 10.6. The third-order valence-electron chi connectivity index (χ3n) is 8.16. The van der Waals surface area contributed by atoms with Gasteiger partial charge < -0.3 is 19.8 Å². The van der Waals surface area contributed by atoms with Gasteiger partial charge in [0.25, 0.3) is 5.91 Å². The van der Waals surface area contributed by atoms with Gasteiger partial charge in [0.05, 0.1) is 0 Å². The maximum atomic E-state index is 13.1. The topological polar surface area (TPSA) is 70.0 Å². The Morgan fingerprint density at radius 1 is 0.897 bits per heavy atom. The van der Waals surface area contributed by atoms with E-state index < -0.39 is 0 Å². The lowest BCUT2D eigenvalue weighted by Gasteiger charge is -2.24. The zero-order valence-corrected chi connectivity index (χ0v) is 22.2. The zero-order valence-electron chi connectivity index (χ0n) is 22.2. The number of unbranched alkanes of at least 4 members (excludes halogenated alkanes) is 1. The van der Waals surface area contributed by atoms with Gasteiger partial charge in [-0.15, -0.1) is 0 Å². The van der Waals surface area contributed by atoms with Crippen LogP contribution in [0.3, 0.4) is 0 Å². The Morgan fingerprint density at radius 3 is 2.15 bits per heavy atom. The lowest BCUT2D eigenvalue weighted by molar-refractivity contribution is -0.0130. The molecule has 1 fully saturated rings. The van der Waals surface area contributed by atoms with Crippen LogP contribution in [0.1, 0.15) is 71.8 Å². The number of allylic oxidation sites excluding steroid dienone is 5. The van der Waals surface area contributed by atoms with Crippen LogP contribution in [0.2, 0.25) is 0 Å². The fourth-order valence-electron chi connectivity index (χ4n) is 6.28. The molecule has 1 atom stereocenters. The van der Waals surface area contributed by atoms with E-state index >= 15 is 0 Å². The highest BCUT2D eigenvalue weighted by atomic mass is 16.5. The first-order valence-corrected chi connectivity index (χ1v) is 13.7. The summed E-state index contributed by atoms with van der Waals surface area (Å²) in [6, 6.07) is 22.5. The summed E-state index contributed by atoms with van der Waals surface area (Å²) in [7, 11) is 1.66. The molecular formula is C34H33NO4. The molecule has 1 saturated carbocycles. The molecule has 5 heteroatoms. The molecule has 0 saturated heterocycles. The Bertz CT molecular complexity index is 1450. The number of hydrogen-bond donors (Lipinski definition) is 2. The Kier molecular flexibility index (Phi) is 6.84. The van der Waals surface area contributed by atoms with E-state index in [2.05, 4.69) is 6.08 Å². The Morgan fingerprint density at radius 2 is 1.56 bits per heavy atom. The van der Waals surface area contributed by atoms with E-state index in [0.29, 0.717) is 6.54 Å². The van der Waals surface area contributed by atoms with Crippen molar-refractivity contribution in [2.75, 3.05) is 13.7 Å². The molecule has 3 aromatic rings. The highest BCUT2D eigenvalue weighted by molar-refractivity contribution is 5.99. The molecular weight excluding hydrogens is 486 g/mol. The molecule has 1 amide bonds. The van der Waals surface area contributed by atoms with E-state index in [-0.39, 0.29) is 23.6 Å². The molecule has 2 N–H and O–H groups in total. The molecule has 6 rings (SSSR count). The molecule has 2 aliphatic carbocycles. The van der Waals surface area contributed by atoms with Crippen molar-refractivity contribution in [2.45, 2.75) is 44.8 Å². The minimum Gasteiger partial charge on any atom is -0.508 e. The minimum atomic E-state index is -0.339. The summed E-state index contributed by atoms with van der Waals surface area (Å²) in [5.41, 5.74) is 10.5. The number of phenols is 2. The van der Waals surface area contributed by atoms with Crippen LogP contribution in [-0.2, 0) is 4.74 Å². The number of rotatable bonds is 9. The van der Waals surface area contributed by atoms with Gasteiger partial charge in [0.2, 0.25) is 0 Å². The van der Waals surface area contributed by atoms with Gasteiger partial charge in [-0.25, -0.2) is 0 Å². The smallest absolute Gasteiger partial charge is 0.256 e. The molecule has 0 aromatic heterocycles. The summed E-state index contributed by atoms with van der Waals surface area (Å²) < 4.78 is 5.73. The monoisotopic (exact) mass is 519 g/mol. The molecule has 2 bridgehead atoms. The number of amides is 1. The van der Waals surface area contributed by atoms with Gasteiger partial charge in [-0.05, 0) is 96.7 Å². The summed E-state index contributed by atoms with van der Waals surface area (Å²) in [5, 5.41) is 20.0. The van der Waals surface area contributed by atoms with Crippen molar-refractivity contribution in [3.8, 4) is 11.5 Å². The van der Waals surface area contributed by atoms with Crippen molar-refractivity contribution in [2.24, 2.45) is 0 Å². The summed E-state index contributed by atoms with van der Waals surface area (Å²) >= 11 is 0. The van der Waals surface area contributed by atoms with E-state index in [9.17, 15) is 15.0 Å². The second-order valence-corrected chi connectivity index (χ2v) is 10.6. The highest BCUT2D eigenvalue weighted by Crippen LogP contribution is 2.46. The summed E-state index contributed by atoms with van der Waals surface area (Å²) in [6.07, 6.45) is 7.96. The molecule has 3 aromatic carbocycles. The predicted molar refractivity (Wildman–Crippen MR) is 152 cm³/mol. The van der Waals surface area contributed by atoms with Crippen molar-refractivity contribution in [3.05, 3.63) is 123 Å². The summed E-state index contributed by atoms with van der Waals surface area (Å²) in [4.78, 5) is 14.9. The first-order valence-electron chi connectivity index (χ1n) is 13.7. The van der Waals surface area contributed by atoms with Crippen LogP contribution in [0.5, 0.6) is 11.5 Å². The minimum absolute atomic E-state index is 0.0323. The average molecular weight is 520 g/mol. The van der Waals surface area contributed by atoms with Gasteiger partial charge in [-0.1, -0.05) is 59.7 Å². The standard InChI is InChI=1S/C34H33NO4/c1-39-34-30-8-3-2-7-29(30)33(38)35(34)19-5-4-6-28(31-21-22-9-10-25(31)20-22)32(23-11-15-26(36)16-12-23)24-13-17-27(37)18-14-24/h2-3,7-8,11-18,21,34,36-37H,4-6,9-10,19-20H2,1H3. The van der Waals surface area contributed by atoms with Gasteiger partial charge in [0.15, 0.2) is 6.23 Å². The summed E-state index contributed by atoms with van der Waals surface area (Å²) in [6.45, 7) is 0.625. The SMILES string of the molecule is COC1c2ccccc2C(=O)N1CCCCC(C1=C2CCC(=C1)C2)=C(c1ccc(O)cc1)c1ccc(O)cc1. The van der Waals surface area contributed by atoms with Gasteiger partial charge in [-0.2, -0.15) is 0 Å². The lowest BCUT2D eigenvalue weighted by atomic mass is 9.85. The molecule has 1 heterocycles. The van der Waals surface area contributed by atoms with Gasteiger partial charge in [0.1, 0.15) is 11.5 Å².